The van der Waals surface area contributed by atoms with Gasteiger partial charge in [-0.3, -0.25) is 0 Å². The Morgan fingerprint density at radius 3 is 1.87 bits per heavy atom. The summed E-state index contributed by atoms with van der Waals surface area (Å²) in [6.45, 7) is 6.43. The van der Waals surface area contributed by atoms with Gasteiger partial charge in [-0.05, 0) is 78.9 Å². The summed E-state index contributed by atoms with van der Waals surface area (Å²) in [5.41, 5.74) is 11.0. The number of hydrogen-bond acceptors (Lipinski definition) is 1. The summed E-state index contributed by atoms with van der Waals surface area (Å²) in [7, 11) is 0. The van der Waals surface area contributed by atoms with E-state index in [9.17, 15) is 0 Å². The number of rotatable bonds is 5. The van der Waals surface area contributed by atoms with Gasteiger partial charge in [0.05, 0.1) is 0 Å². The lowest BCUT2D eigenvalue weighted by molar-refractivity contribution is 1.35. The minimum Gasteiger partial charge on any atom is -0.356 e. The molecule has 0 aliphatic heterocycles. The van der Waals surface area contributed by atoms with Crippen LogP contribution in [0.1, 0.15) is 33.4 Å². The van der Waals surface area contributed by atoms with Crippen molar-refractivity contribution >= 4 is 23.0 Å². The molecule has 0 saturated heterocycles. The zero-order chi connectivity index (χ0) is 20.9. The van der Waals surface area contributed by atoms with Crippen LogP contribution in [-0.4, -0.2) is 0 Å². The van der Waals surface area contributed by atoms with Gasteiger partial charge in [-0.1, -0.05) is 83.9 Å². The monoisotopic (exact) mass is 389 g/mol. The van der Waals surface area contributed by atoms with E-state index in [2.05, 4.69) is 129 Å². The van der Waals surface area contributed by atoms with Crippen molar-refractivity contribution in [1.82, 2.24) is 0 Å². The topological polar surface area (TPSA) is 12.0 Å². The Morgan fingerprint density at radius 1 is 0.633 bits per heavy atom. The fraction of sp³-hybridized carbons (Fsp3) is 0.103. The zero-order valence-electron chi connectivity index (χ0n) is 17.8. The largest absolute Gasteiger partial charge is 0.356 e. The maximum Gasteiger partial charge on any atom is 0.0384 e. The molecule has 0 aliphatic rings. The molecule has 0 radical (unpaired) electrons. The lowest BCUT2D eigenvalue weighted by atomic mass is 9.92. The second-order valence-corrected chi connectivity index (χ2v) is 7.86. The first-order valence-electron chi connectivity index (χ1n) is 10.4. The second-order valence-electron chi connectivity index (χ2n) is 7.86. The summed E-state index contributed by atoms with van der Waals surface area (Å²) in [6, 6.07) is 34.4. The van der Waals surface area contributed by atoms with Crippen molar-refractivity contribution in [2.75, 3.05) is 5.32 Å². The molecule has 4 rings (SSSR count). The van der Waals surface area contributed by atoms with Crippen LogP contribution in [0.3, 0.4) is 0 Å². The van der Waals surface area contributed by atoms with E-state index in [1.807, 2.05) is 0 Å². The van der Waals surface area contributed by atoms with Gasteiger partial charge in [-0.25, -0.2) is 0 Å². The van der Waals surface area contributed by atoms with Gasteiger partial charge < -0.3 is 5.32 Å². The van der Waals surface area contributed by atoms with Crippen LogP contribution in [0.5, 0.6) is 0 Å². The van der Waals surface area contributed by atoms with E-state index < -0.39 is 0 Å². The Kier molecular flexibility index (Phi) is 5.81. The molecule has 4 aromatic carbocycles. The van der Waals surface area contributed by atoms with Crippen molar-refractivity contribution in [2.24, 2.45) is 0 Å². The molecule has 1 nitrogen and oxygen atoms in total. The van der Waals surface area contributed by atoms with Gasteiger partial charge in [0.1, 0.15) is 0 Å². The number of hydrogen-bond donors (Lipinski definition) is 1. The van der Waals surface area contributed by atoms with Crippen LogP contribution >= 0.6 is 0 Å². The smallest absolute Gasteiger partial charge is 0.0384 e. The highest BCUT2D eigenvalue weighted by Crippen LogP contribution is 2.29. The van der Waals surface area contributed by atoms with E-state index in [0.717, 1.165) is 11.4 Å². The van der Waals surface area contributed by atoms with Crippen LogP contribution in [0.4, 0.5) is 11.4 Å². The van der Waals surface area contributed by atoms with E-state index in [1.54, 1.807) is 0 Å². The minimum atomic E-state index is 1.09. The summed E-state index contributed by atoms with van der Waals surface area (Å²) in [5.74, 6) is 0. The van der Waals surface area contributed by atoms with Gasteiger partial charge in [0, 0.05) is 11.4 Å². The molecule has 0 bridgehead atoms. The SMILES string of the molecule is Cc1ccc(Nc2ccc(C=C(c3ccccc3)c3ccc(C)cc3C)cc2)cc1. The van der Waals surface area contributed by atoms with Gasteiger partial charge in [0.2, 0.25) is 0 Å². The summed E-state index contributed by atoms with van der Waals surface area (Å²) >= 11 is 0. The minimum absolute atomic E-state index is 1.09. The first kappa shape index (κ1) is 19.7. The van der Waals surface area contributed by atoms with Crippen molar-refractivity contribution in [3.05, 3.63) is 130 Å². The van der Waals surface area contributed by atoms with Crippen LogP contribution in [0.15, 0.2) is 97.1 Å². The molecule has 0 spiro atoms. The van der Waals surface area contributed by atoms with Crippen molar-refractivity contribution in [3.63, 3.8) is 0 Å². The van der Waals surface area contributed by atoms with Crippen LogP contribution in [0.25, 0.3) is 11.6 Å². The fourth-order valence-corrected chi connectivity index (χ4v) is 3.68. The van der Waals surface area contributed by atoms with Gasteiger partial charge >= 0.3 is 0 Å². The molecule has 0 fully saturated rings. The number of nitrogens with one attached hydrogen (secondary N) is 1. The highest BCUT2D eigenvalue weighted by Gasteiger charge is 2.08. The lowest BCUT2D eigenvalue weighted by Gasteiger charge is -2.13. The third-order valence-electron chi connectivity index (χ3n) is 5.32. The van der Waals surface area contributed by atoms with Crippen LogP contribution in [0.2, 0.25) is 0 Å². The molecule has 30 heavy (non-hydrogen) atoms. The molecule has 4 aromatic rings. The fourth-order valence-electron chi connectivity index (χ4n) is 3.68. The lowest BCUT2D eigenvalue weighted by Crippen LogP contribution is -1.93. The molecule has 0 amide bonds. The second kappa shape index (κ2) is 8.84. The van der Waals surface area contributed by atoms with Gasteiger partial charge in [-0.2, -0.15) is 0 Å². The van der Waals surface area contributed by atoms with Crippen LogP contribution < -0.4 is 5.32 Å². The normalized spacial score (nSPS) is 11.4. The van der Waals surface area contributed by atoms with Crippen molar-refractivity contribution in [3.8, 4) is 0 Å². The molecule has 0 heterocycles. The quantitative estimate of drug-likeness (QED) is 0.342. The maximum atomic E-state index is 3.47. The first-order valence-corrected chi connectivity index (χ1v) is 10.4. The third kappa shape index (κ3) is 4.69. The van der Waals surface area contributed by atoms with E-state index in [4.69, 9.17) is 0 Å². The van der Waals surface area contributed by atoms with E-state index in [-0.39, 0.29) is 0 Å². The zero-order valence-corrected chi connectivity index (χ0v) is 17.8. The number of aryl methyl sites for hydroxylation is 3. The van der Waals surface area contributed by atoms with Gasteiger partial charge in [0.25, 0.3) is 0 Å². The maximum absolute atomic E-state index is 3.47. The standard InChI is InChI=1S/C29H27N/c1-21-9-14-26(15-10-21)30-27-16-12-24(13-17-27)20-29(25-7-5-4-6-8-25)28-18-11-22(2)19-23(28)3/h4-20,30H,1-3H3. The molecule has 0 unspecified atom stereocenters. The average molecular weight is 390 g/mol. The van der Waals surface area contributed by atoms with E-state index >= 15 is 0 Å². The van der Waals surface area contributed by atoms with Crippen molar-refractivity contribution in [2.45, 2.75) is 20.8 Å². The summed E-state index contributed by atoms with van der Waals surface area (Å²) in [6.07, 6.45) is 2.28. The van der Waals surface area contributed by atoms with Gasteiger partial charge in [0.15, 0.2) is 0 Å². The Morgan fingerprint density at radius 2 is 1.23 bits per heavy atom. The summed E-state index contributed by atoms with van der Waals surface area (Å²) in [4.78, 5) is 0. The van der Waals surface area contributed by atoms with Crippen LogP contribution in [-0.2, 0) is 0 Å². The first-order chi connectivity index (χ1) is 14.6. The van der Waals surface area contributed by atoms with Crippen LogP contribution in [0, 0.1) is 20.8 Å². The number of benzene rings is 4. The summed E-state index contributed by atoms with van der Waals surface area (Å²) < 4.78 is 0. The molecule has 1 N–H and O–H groups in total. The molecule has 0 aliphatic carbocycles. The highest BCUT2D eigenvalue weighted by atomic mass is 14.9. The Bertz CT molecular complexity index is 1150. The molecule has 0 saturated carbocycles. The molecular weight excluding hydrogens is 362 g/mol. The molecular formula is C29H27N. The molecule has 1 heteroatoms. The van der Waals surface area contributed by atoms with Crippen molar-refractivity contribution < 1.29 is 0 Å². The molecule has 0 atom stereocenters. The third-order valence-corrected chi connectivity index (χ3v) is 5.32. The Hall–Kier alpha value is -3.58. The molecule has 0 aromatic heterocycles. The Labute approximate surface area is 179 Å². The highest BCUT2D eigenvalue weighted by molar-refractivity contribution is 5.92. The van der Waals surface area contributed by atoms with E-state index in [1.165, 1.54) is 39.0 Å². The average Bonchev–Trinajstić information content (AvgIpc) is 2.76. The predicted molar refractivity (Wildman–Crippen MR) is 130 cm³/mol. The Balaban J connectivity index is 1.67. The number of anilines is 2. The summed E-state index contributed by atoms with van der Waals surface area (Å²) in [5, 5.41) is 3.47. The molecule has 148 valence electrons. The van der Waals surface area contributed by atoms with E-state index in [0.29, 0.717) is 0 Å². The van der Waals surface area contributed by atoms with Gasteiger partial charge in [-0.15, -0.1) is 0 Å². The van der Waals surface area contributed by atoms with Crippen molar-refractivity contribution in [1.29, 1.82) is 0 Å². The predicted octanol–water partition coefficient (Wildman–Crippen LogP) is 7.94.